The number of rotatable bonds is 7. The summed E-state index contributed by atoms with van der Waals surface area (Å²) in [6.45, 7) is 2.79. The van der Waals surface area contributed by atoms with Gasteiger partial charge in [0.1, 0.15) is 5.82 Å². The van der Waals surface area contributed by atoms with Crippen molar-refractivity contribution in [3.63, 3.8) is 0 Å². The van der Waals surface area contributed by atoms with Gasteiger partial charge in [-0.3, -0.25) is 4.79 Å². The Bertz CT molecular complexity index is 642. The normalized spacial score (nSPS) is 10.7. The lowest BCUT2D eigenvalue weighted by molar-refractivity contribution is -0.121. The fraction of sp³-hybridized carbons (Fsp3) is 0.400. The molecule has 3 N–H and O–H groups in total. The molecule has 2 rings (SSSR count). The summed E-state index contributed by atoms with van der Waals surface area (Å²) in [6, 6.07) is 4.62. The molecule has 0 aliphatic carbocycles. The molecule has 1 amide bonds. The topological polar surface area (TPSA) is 94.0 Å². The van der Waals surface area contributed by atoms with E-state index in [4.69, 9.17) is 10.3 Å². The molecule has 0 unspecified atom stereocenters. The molecule has 0 aliphatic rings. The van der Waals surface area contributed by atoms with Crippen molar-refractivity contribution in [2.75, 3.05) is 13.1 Å². The summed E-state index contributed by atoms with van der Waals surface area (Å²) in [6.07, 6.45) is 1.39. The number of amides is 1. The van der Waals surface area contributed by atoms with Crippen molar-refractivity contribution in [1.82, 2.24) is 15.5 Å². The van der Waals surface area contributed by atoms with Crippen LogP contribution in [-0.2, 0) is 11.2 Å². The van der Waals surface area contributed by atoms with Crippen molar-refractivity contribution < 1.29 is 13.7 Å². The fourth-order valence-corrected chi connectivity index (χ4v) is 1.90. The van der Waals surface area contributed by atoms with Crippen LogP contribution >= 0.6 is 0 Å². The van der Waals surface area contributed by atoms with E-state index in [2.05, 4.69) is 15.5 Å². The van der Waals surface area contributed by atoms with Crippen LogP contribution in [0.3, 0.4) is 0 Å². The number of carbonyl (C=O) groups is 1. The second-order valence-electron chi connectivity index (χ2n) is 4.97. The number of nitrogens with two attached hydrogens (primary N) is 1. The molecule has 0 fully saturated rings. The Kier molecular flexibility index (Phi) is 5.60. The van der Waals surface area contributed by atoms with Crippen molar-refractivity contribution >= 4 is 5.91 Å². The molecular formula is C15H19FN4O2. The Hall–Kier alpha value is -2.28. The molecule has 1 aromatic carbocycles. The zero-order valence-corrected chi connectivity index (χ0v) is 12.4. The second-order valence-corrected chi connectivity index (χ2v) is 4.97. The number of aryl methyl sites for hydroxylation is 2. The Balaban J connectivity index is 1.91. The van der Waals surface area contributed by atoms with Gasteiger partial charge in [-0.15, -0.1) is 0 Å². The van der Waals surface area contributed by atoms with Crippen LogP contribution in [0.1, 0.15) is 24.3 Å². The van der Waals surface area contributed by atoms with E-state index in [1.165, 1.54) is 6.07 Å². The Morgan fingerprint density at radius 3 is 3.00 bits per heavy atom. The predicted molar refractivity (Wildman–Crippen MR) is 79.4 cm³/mol. The van der Waals surface area contributed by atoms with E-state index in [-0.39, 0.29) is 18.1 Å². The van der Waals surface area contributed by atoms with Crippen LogP contribution in [0.2, 0.25) is 0 Å². The minimum absolute atomic E-state index is 0.0779. The maximum Gasteiger partial charge on any atom is 0.227 e. The molecule has 118 valence electrons. The van der Waals surface area contributed by atoms with Gasteiger partial charge in [0.25, 0.3) is 0 Å². The van der Waals surface area contributed by atoms with E-state index < -0.39 is 0 Å². The Morgan fingerprint density at radius 1 is 1.45 bits per heavy atom. The van der Waals surface area contributed by atoms with Gasteiger partial charge in [0.15, 0.2) is 0 Å². The van der Waals surface area contributed by atoms with Crippen LogP contribution in [-0.4, -0.2) is 29.1 Å². The van der Waals surface area contributed by atoms with Crippen molar-refractivity contribution in [1.29, 1.82) is 0 Å². The van der Waals surface area contributed by atoms with Crippen molar-refractivity contribution in [3.05, 3.63) is 35.5 Å². The number of hydrogen-bond donors (Lipinski definition) is 2. The molecule has 0 bridgehead atoms. The van der Waals surface area contributed by atoms with E-state index in [1.54, 1.807) is 19.1 Å². The van der Waals surface area contributed by atoms with Gasteiger partial charge < -0.3 is 15.6 Å². The molecule has 1 aromatic heterocycles. The lowest BCUT2D eigenvalue weighted by Crippen LogP contribution is -2.26. The quantitative estimate of drug-likeness (QED) is 0.757. The van der Waals surface area contributed by atoms with Crippen LogP contribution in [0.5, 0.6) is 0 Å². The lowest BCUT2D eigenvalue weighted by Gasteiger charge is -2.01. The molecule has 2 aromatic rings. The minimum Gasteiger partial charge on any atom is -0.356 e. The van der Waals surface area contributed by atoms with Gasteiger partial charge in [-0.1, -0.05) is 5.16 Å². The third kappa shape index (κ3) is 4.36. The smallest absolute Gasteiger partial charge is 0.227 e. The van der Waals surface area contributed by atoms with Gasteiger partial charge >= 0.3 is 0 Å². The summed E-state index contributed by atoms with van der Waals surface area (Å²) in [5, 5.41) is 6.61. The van der Waals surface area contributed by atoms with E-state index in [0.717, 1.165) is 6.42 Å². The van der Waals surface area contributed by atoms with Crippen LogP contribution in [0, 0.1) is 12.7 Å². The van der Waals surface area contributed by atoms with Crippen molar-refractivity contribution in [3.8, 4) is 11.4 Å². The number of carbonyl (C=O) groups excluding carboxylic acids is 1. The maximum absolute atomic E-state index is 13.2. The first-order valence-corrected chi connectivity index (χ1v) is 7.16. The number of nitrogens with one attached hydrogen (secondary N) is 1. The van der Waals surface area contributed by atoms with Crippen LogP contribution in [0.15, 0.2) is 22.7 Å². The van der Waals surface area contributed by atoms with Gasteiger partial charge in [0.05, 0.1) is 0 Å². The second kappa shape index (κ2) is 7.65. The number of nitrogens with zero attached hydrogens (tertiary/aromatic N) is 2. The third-order valence-electron chi connectivity index (χ3n) is 3.15. The highest BCUT2D eigenvalue weighted by atomic mass is 19.1. The SMILES string of the molecule is Cc1cc(-c2noc(CCC(=O)NCCCN)n2)ccc1F. The zero-order chi connectivity index (χ0) is 15.9. The van der Waals surface area contributed by atoms with Gasteiger partial charge in [-0.2, -0.15) is 4.98 Å². The maximum atomic E-state index is 13.2. The largest absolute Gasteiger partial charge is 0.356 e. The average Bonchev–Trinajstić information content (AvgIpc) is 2.97. The van der Waals surface area contributed by atoms with Crippen LogP contribution in [0.25, 0.3) is 11.4 Å². The summed E-state index contributed by atoms with van der Waals surface area (Å²) in [5.74, 6) is 0.417. The molecule has 0 saturated carbocycles. The zero-order valence-electron chi connectivity index (χ0n) is 12.4. The predicted octanol–water partition coefficient (Wildman–Crippen LogP) is 1.58. The van der Waals surface area contributed by atoms with E-state index in [9.17, 15) is 9.18 Å². The van der Waals surface area contributed by atoms with Crippen molar-refractivity contribution in [2.24, 2.45) is 5.73 Å². The first-order valence-electron chi connectivity index (χ1n) is 7.16. The third-order valence-corrected chi connectivity index (χ3v) is 3.15. The van der Waals surface area contributed by atoms with Crippen LogP contribution < -0.4 is 11.1 Å². The first-order chi connectivity index (χ1) is 10.6. The van der Waals surface area contributed by atoms with Gasteiger partial charge in [0.2, 0.25) is 17.6 Å². The Labute approximate surface area is 127 Å². The summed E-state index contributed by atoms with van der Waals surface area (Å²) >= 11 is 0. The molecule has 22 heavy (non-hydrogen) atoms. The molecule has 0 radical (unpaired) electrons. The molecule has 0 aliphatic heterocycles. The van der Waals surface area contributed by atoms with Crippen LogP contribution in [0.4, 0.5) is 4.39 Å². The Morgan fingerprint density at radius 2 is 2.27 bits per heavy atom. The lowest BCUT2D eigenvalue weighted by atomic mass is 10.1. The minimum atomic E-state index is -0.276. The highest BCUT2D eigenvalue weighted by molar-refractivity contribution is 5.75. The van der Waals surface area contributed by atoms with Crippen molar-refractivity contribution in [2.45, 2.75) is 26.2 Å². The highest BCUT2D eigenvalue weighted by Crippen LogP contribution is 2.19. The fourth-order valence-electron chi connectivity index (χ4n) is 1.90. The van der Waals surface area contributed by atoms with E-state index >= 15 is 0 Å². The summed E-state index contributed by atoms with van der Waals surface area (Å²) < 4.78 is 18.4. The molecule has 6 nitrogen and oxygen atoms in total. The number of aromatic nitrogens is 2. The molecule has 7 heteroatoms. The highest BCUT2D eigenvalue weighted by Gasteiger charge is 2.11. The molecule has 0 atom stereocenters. The molecule has 0 spiro atoms. The standard InChI is InChI=1S/C15H19FN4O2/c1-10-9-11(3-4-12(10)16)15-19-14(22-20-15)6-5-13(21)18-8-2-7-17/h3-4,9H,2,5-8,17H2,1H3,(H,18,21). The van der Waals surface area contributed by atoms with Gasteiger partial charge in [0, 0.05) is 24.9 Å². The molecule has 1 heterocycles. The van der Waals surface area contributed by atoms with E-state index in [0.29, 0.717) is 42.4 Å². The summed E-state index contributed by atoms with van der Waals surface area (Å²) in [7, 11) is 0. The number of halogens is 1. The number of benzene rings is 1. The van der Waals surface area contributed by atoms with Gasteiger partial charge in [-0.25, -0.2) is 4.39 Å². The monoisotopic (exact) mass is 306 g/mol. The molecular weight excluding hydrogens is 287 g/mol. The average molecular weight is 306 g/mol. The summed E-state index contributed by atoms with van der Waals surface area (Å²) in [4.78, 5) is 15.8. The first kappa shape index (κ1) is 16.1. The molecule has 0 saturated heterocycles. The summed E-state index contributed by atoms with van der Waals surface area (Å²) in [5.41, 5.74) is 6.55. The van der Waals surface area contributed by atoms with E-state index in [1.807, 2.05) is 0 Å². The van der Waals surface area contributed by atoms with Gasteiger partial charge in [-0.05, 0) is 43.7 Å². The number of hydrogen-bond acceptors (Lipinski definition) is 5.